The van der Waals surface area contributed by atoms with Gasteiger partial charge in [0.15, 0.2) is 0 Å². The third kappa shape index (κ3) is 3.41. The Morgan fingerprint density at radius 2 is 1.73 bits per heavy atom. The molecule has 6 rings (SSSR count). The van der Waals surface area contributed by atoms with Gasteiger partial charge >= 0.3 is 0 Å². The first-order valence-electron chi connectivity index (χ1n) is 11.0. The topological polar surface area (TPSA) is 50.9 Å². The Labute approximate surface area is 195 Å². The lowest BCUT2D eigenvalue weighted by molar-refractivity contribution is 0.480. The van der Waals surface area contributed by atoms with E-state index in [1.165, 1.54) is 16.3 Å². The van der Waals surface area contributed by atoms with Gasteiger partial charge in [-0.25, -0.2) is 9.97 Å². The fourth-order valence-corrected chi connectivity index (χ4v) is 5.18. The second kappa shape index (κ2) is 7.94. The van der Waals surface area contributed by atoms with Crippen molar-refractivity contribution in [1.82, 2.24) is 14.5 Å². The minimum atomic E-state index is 0.201. The van der Waals surface area contributed by atoms with E-state index in [1.807, 2.05) is 30.5 Å². The van der Waals surface area contributed by atoms with Gasteiger partial charge in [0.1, 0.15) is 22.1 Å². The molecule has 4 nitrogen and oxygen atoms in total. The molecule has 0 spiro atoms. The maximum Gasteiger partial charge on any atom is 0.141 e. The molecule has 0 aliphatic heterocycles. The summed E-state index contributed by atoms with van der Waals surface area (Å²) in [7, 11) is 0. The zero-order valence-corrected chi connectivity index (χ0v) is 18.9. The van der Waals surface area contributed by atoms with Crippen LogP contribution >= 0.6 is 11.8 Å². The molecule has 3 aromatic heterocycles. The van der Waals surface area contributed by atoms with E-state index in [4.69, 9.17) is 4.98 Å². The Hall–Kier alpha value is -3.83. The van der Waals surface area contributed by atoms with Gasteiger partial charge in [-0.05, 0) is 60.5 Å². The van der Waals surface area contributed by atoms with E-state index in [0.29, 0.717) is 5.52 Å². The van der Waals surface area contributed by atoms with Crippen molar-refractivity contribution in [3.05, 3.63) is 96.7 Å². The smallest absolute Gasteiger partial charge is 0.141 e. The SMILES string of the molecule is CCc1ccnc(-n2c3ccccc3c3ccc(Sc4ccc5cccc(O)c5n4)cc32)c1. The number of phenolic OH excluding ortho intramolecular Hbond substituents is 1. The summed E-state index contributed by atoms with van der Waals surface area (Å²) in [5.74, 6) is 1.13. The van der Waals surface area contributed by atoms with Crippen LogP contribution in [0.15, 0.2) is 101 Å². The molecule has 6 aromatic rings. The molecule has 3 aromatic carbocycles. The zero-order valence-electron chi connectivity index (χ0n) is 18.1. The molecule has 160 valence electrons. The molecule has 0 aliphatic carbocycles. The lowest BCUT2D eigenvalue weighted by atomic mass is 10.2. The van der Waals surface area contributed by atoms with E-state index in [0.717, 1.165) is 38.6 Å². The van der Waals surface area contributed by atoms with Crippen molar-refractivity contribution in [2.45, 2.75) is 23.3 Å². The summed E-state index contributed by atoms with van der Waals surface area (Å²) in [5, 5.41) is 14.4. The summed E-state index contributed by atoms with van der Waals surface area (Å²) in [4.78, 5) is 10.5. The molecule has 3 heterocycles. The van der Waals surface area contributed by atoms with Crippen molar-refractivity contribution < 1.29 is 5.11 Å². The Morgan fingerprint density at radius 1 is 0.848 bits per heavy atom. The number of phenols is 1. The Kier molecular flexibility index (Phi) is 4.77. The third-order valence-corrected chi connectivity index (χ3v) is 6.91. The predicted octanol–water partition coefficient (Wildman–Crippen LogP) is 7.15. The Morgan fingerprint density at radius 3 is 2.64 bits per heavy atom. The van der Waals surface area contributed by atoms with Crippen LogP contribution in [0.2, 0.25) is 0 Å². The quantitative estimate of drug-likeness (QED) is 0.312. The summed E-state index contributed by atoms with van der Waals surface area (Å²) < 4.78 is 2.24. The number of aromatic hydroxyl groups is 1. The average molecular weight is 448 g/mol. The molecule has 0 amide bonds. The van der Waals surface area contributed by atoms with Gasteiger partial charge in [-0.2, -0.15) is 0 Å². The van der Waals surface area contributed by atoms with E-state index in [1.54, 1.807) is 17.8 Å². The second-order valence-electron chi connectivity index (χ2n) is 8.01. The largest absolute Gasteiger partial charge is 0.506 e. The number of aryl methyl sites for hydroxylation is 1. The minimum Gasteiger partial charge on any atom is -0.506 e. The first-order valence-corrected chi connectivity index (χ1v) is 11.8. The van der Waals surface area contributed by atoms with E-state index in [2.05, 4.69) is 71.1 Å². The normalized spacial score (nSPS) is 11.5. The predicted molar refractivity (Wildman–Crippen MR) is 135 cm³/mol. The number of hydrogen-bond acceptors (Lipinski definition) is 4. The molecule has 1 N–H and O–H groups in total. The molecule has 0 bridgehead atoms. The van der Waals surface area contributed by atoms with Gasteiger partial charge in [0.05, 0.1) is 11.0 Å². The van der Waals surface area contributed by atoms with Crippen LogP contribution in [0.5, 0.6) is 5.75 Å². The zero-order chi connectivity index (χ0) is 22.4. The molecule has 0 saturated heterocycles. The molecule has 0 atom stereocenters. The Bertz CT molecular complexity index is 1650. The number of para-hydroxylation sites is 2. The monoisotopic (exact) mass is 447 g/mol. The van der Waals surface area contributed by atoms with Crippen LogP contribution in [0.25, 0.3) is 38.5 Å². The molecular formula is C28H21N3OS. The van der Waals surface area contributed by atoms with Crippen molar-refractivity contribution in [3.63, 3.8) is 0 Å². The standard InChI is InChI=1S/C28H21N3OS/c1-2-18-14-15-29-26(16-18)31-23-8-4-3-7-21(23)22-12-11-20(17-24(22)31)33-27-13-10-19-6-5-9-25(32)28(19)30-27/h3-17,32H,2H2,1H3. The third-order valence-electron chi connectivity index (χ3n) is 5.99. The van der Waals surface area contributed by atoms with Gasteiger partial charge in [-0.3, -0.25) is 4.57 Å². The fourth-order valence-electron chi connectivity index (χ4n) is 4.35. The fraction of sp³-hybridized carbons (Fsp3) is 0.0714. The number of hydrogen-bond donors (Lipinski definition) is 1. The van der Waals surface area contributed by atoms with Gasteiger partial charge in [-0.1, -0.05) is 55.1 Å². The summed E-state index contributed by atoms with van der Waals surface area (Å²) in [6, 6.07) is 28.7. The summed E-state index contributed by atoms with van der Waals surface area (Å²) in [6.07, 6.45) is 2.85. The summed E-state index contributed by atoms with van der Waals surface area (Å²) >= 11 is 1.59. The van der Waals surface area contributed by atoms with Crippen LogP contribution in [-0.2, 0) is 6.42 Å². The van der Waals surface area contributed by atoms with Gasteiger partial charge in [0.2, 0.25) is 0 Å². The van der Waals surface area contributed by atoms with Gasteiger partial charge in [-0.15, -0.1) is 0 Å². The van der Waals surface area contributed by atoms with Crippen LogP contribution in [0, 0.1) is 0 Å². The maximum atomic E-state index is 10.2. The van der Waals surface area contributed by atoms with Crippen LogP contribution in [0.3, 0.4) is 0 Å². The van der Waals surface area contributed by atoms with E-state index in [-0.39, 0.29) is 5.75 Å². The molecular weight excluding hydrogens is 426 g/mol. The highest BCUT2D eigenvalue weighted by molar-refractivity contribution is 7.99. The number of nitrogens with zero attached hydrogens (tertiary/aromatic N) is 3. The number of fused-ring (bicyclic) bond motifs is 4. The molecule has 0 radical (unpaired) electrons. The van der Waals surface area contributed by atoms with Crippen molar-refractivity contribution >= 4 is 44.5 Å². The summed E-state index contributed by atoms with van der Waals surface area (Å²) in [6.45, 7) is 2.16. The molecule has 0 saturated carbocycles. The molecule has 0 aliphatic rings. The molecule has 5 heteroatoms. The van der Waals surface area contributed by atoms with E-state index < -0.39 is 0 Å². The van der Waals surface area contributed by atoms with Crippen LogP contribution < -0.4 is 0 Å². The average Bonchev–Trinajstić information content (AvgIpc) is 3.18. The lowest BCUT2D eigenvalue weighted by Gasteiger charge is -2.09. The highest BCUT2D eigenvalue weighted by Gasteiger charge is 2.14. The van der Waals surface area contributed by atoms with Gasteiger partial charge in [0.25, 0.3) is 0 Å². The van der Waals surface area contributed by atoms with E-state index in [9.17, 15) is 5.11 Å². The molecule has 0 unspecified atom stereocenters. The van der Waals surface area contributed by atoms with Crippen LogP contribution in [-0.4, -0.2) is 19.6 Å². The Balaban J connectivity index is 1.51. The van der Waals surface area contributed by atoms with Gasteiger partial charge < -0.3 is 5.11 Å². The lowest BCUT2D eigenvalue weighted by Crippen LogP contribution is -1.98. The number of rotatable bonds is 4. The number of benzene rings is 3. The minimum absolute atomic E-state index is 0.201. The molecule has 33 heavy (non-hydrogen) atoms. The van der Waals surface area contributed by atoms with Crippen LogP contribution in [0.1, 0.15) is 12.5 Å². The van der Waals surface area contributed by atoms with E-state index >= 15 is 0 Å². The van der Waals surface area contributed by atoms with Crippen molar-refractivity contribution in [3.8, 4) is 11.6 Å². The van der Waals surface area contributed by atoms with Crippen molar-refractivity contribution in [2.75, 3.05) is 0 Å². The molecule has 0 fully saturated rings. The number of pyridine rings is 2. The van der Waals surface area contributed by atoms with Crippen molar-refractivity contribution in [1.29, 1.82) is 0 Å². The first kappa shape index (κ1) is 19.8. The highest BCUT2D eigenvalue weighted by atomic mass is 32.2. The van der Waals surface area contributed by atoms with Crippen molar-refractivity contribution in [2.24, 2.45) is 0 Å². The highest BCUT2D eigenvalue weighted by Crippen LogP contribution is 2.36. The van der Waals surface area contributed by atoms with Crippen LogP contribution in [0.4, 0.5) is 0 Å². The number of aromatic nitrogens is 3. The summed E-state index contributed by atoms with van der Waals surface area (Å²) in [5.41, 5.74) is 4.14. The van der Waals surface area contributed by atoms with Gasteiger partial charge in [0, 0.05) is 27.3 Å². The first-order chi connectivity index (χ1) is 16.2. The second-order valence-corrected chi connectivity index (χ2v) is 9.10. The maximum absolute atomic E-state index is 10.2.